The summed E-state index contributed by atoms with van der Waals surface area (Å²) in [6.45, 7) is 1.34. The van der Waals surface area contributed by atoms with Crippen molar-refractivity contribution in [1.29, 1.82) is 0 Å². The Morgan fingerprint density at radius 1 is 1.09 bits per heavy atom. The second-order valence-electron chi connectivity index (χ2n) is 4.96. The van der Waals surface area contributed by atoms with Gasteiger partial charge < -0.3 is 14.2 Å². The fourth-order valence-corrected chi connectivity index (χ4v) is 2.24. The first kappa shape index (κ1) is 14.8. The van der Waals surface area contributed by atoms with Gasteiger partial charge in [0.15, 0.2) is 5.76 Å². The van der Waals surface area contributed by atoms with Crippen molar-refractivity contribution < 1.29 is 23.8 Å². The number of rotatable bonds is 3. The summed E-state index contributed by atoms with van der Waals surface area (Å²) in [6.07, 6.45) is 1.65. The first-order chi connectivity index (χ1) is 11.1. The van der Waals surface area contributed by atoms with E-state index in [2.05, 4.69) is 0 Å². The number of methoxy groups -OCH3 is 1. The minimum absolute atomic E-state index is 0.174. The van der Waals surface area contributed by atoms with E-state index in [4.69, 9.17) is 14.2 Å². The third kappa shape index (κ3) is 3.08. The predicted octanol–water partition coefficient (Wildman–Crippen LogP) is 3.24. The Kier molecular flexibility index (Phi) is 3.85. The third-order valence-electron chi connectivity index (χ3n) is 3.32. The number of fused-ring (bicyclic) bond motifs is 1. The van der Waals surface area contributed by atoms with Crippen molar-refractivity contribution in [3.8, 4) is 17.2 Å². The Hall–Kier alpha value is -3.08. The maximum Gasteiger partial charge on any atom is 0.308 e. The Morgan fingerprint density at radius 2 is 1.78 bits per heavy atom. The van der Waals surface area contributed by atoms with Crippen LogP contribution in [-0.4, -0.2) is 18.9 Å². The van der Waals surface area contributed by atoms with Crippen molar-refractivity contribution in [3.63, 3.8) is 0 Å². The van der Waals surface area contributed by atoms with Crippen molar-refractivity contribution in [2.24, 2.45) is 0 Å². The van der Waals surface area contributed by atoms with Gasteiger partial charge in [0.2, 0.25) is 5.78 Å². The van der Waals surface area contributed by atoms with Gasteiger partial charge in [0, 0.05) is 13.0 Å². The van der Waals surface area contributed by atoms with Gasteiger partial charge >= 0.3 is 5.97 Å². The standard InChI is InChI=1S/C18H14O5/c1-11(19)22-13-5-3-12(4-6-13)9-17-18(20)15-8-7-14(21-2)10-16(15)23-17/h3-10H,1-2H3/b17-9-. The lowest BCUT2D eigenvalue weighted by Gasteiger charge is -2.02. The van der Waals surface area contributed by atoms with E-state index in [1.54, 1.807) is 55.7 Å². The molecule has 0 saturated heterocycles. The van der Waals surface area contributed by atoms with Crippen LogP contribution in [0.25, 0.3) is 6.08 Å². The van der Waals surface area contributed by atoms with Gasteiger partial charge in [0.25, 0.3) is 0 Å². The molecule has 0 saturated carbocycles. The summed E-state index contributed by atoms with van der Waals surface area (Å²) in [7, 11) is 1.56. The summed E-state index contributed by atoms with van der Waals surface area (Å²) < 4.78 is 15.7. The molecule has 1 aliphatic rings. The summed E-state index contributed by atoms with van der Waals surface area (Å²) in [5.41, 5.74) is 1.28. The Morgan fingerprint density at radius 3 is 2.43 bits per heavy atom. The Balaban J connectivity index is 1.84. The number of ketones is 1. The van der Waals surface area contributed by atoms with E-state index in [9.17, 15) is 9.59 Å². The monoisotopic (exact) mass is 310 g/mol. The molecule has 5 heteroatoms. The van der Waals surface area contributed by atoms with E-state index in [1.807, 2.05) is 0 Å². The van der Waals surface area contributed by atoms with Crippen LogP contribution in [0.1, 0.15) is 22.8 Å². The first-order valence-corrected chi connectivity index (χ1v) is 6.97. The topological polar surface area (TPSA) is 61.8 Å². The van der Waals surface area contributed by atoms with Gasteiger partial charge in [-0.15, -0.1) is 0 Å². The van der Waals surface area contributed by atoms with Crippen LogP contribution in [0.2, 0.25) is 0 Å². The zero-order chi connectivity index (χ0) is 16.4. The average Bonchev–Trinajstić information content (AvgIpc) is 2.84. The maximum absolute atomic E-state index is 12.3. The fourth-order valence-electron chi connectivity index (χ4n) is 2.24. The molecular weight excluding hydrogens is 296 g/mol. The highest BCUT2D eigenvalue weighted by Gasteiger charge is 2.27. The number of benzene rings is 2. The van der Waals surface area contributed by atoms with Gasteiger partial charge in [-0.1, -0.05) is 12.1 Å². The number of carbonyl (C=O) groups excluding carboxylic acids is 2. The molecule has 0 fully saturated rings. The van der Waals surface area contributed by atoms with Crippen molar-refractivity contribution in [3.05, 3.63) is 59.4 Å². The van der Waals surface area contributed by atoms with Gasteiger partial charge in [-0.2, -0.15) is 0 Å². The second-order valence-corrected chi connectivity index (χ2v) is 4.96. The van der Waals surface area contributed by atoms with Gasteiger partial charge in [-0.3, -0.25) is 9.59 Å². The number of ether oxygens (including phenoxy) is 3. The normalized spacial score (nSPS) is 14.3. The number of allylic oxidation sites excluding steroid dienone is 1. The van der Waals surface area contributed by atoms with Crippen molar-refractivity contribution >= 4 is 17.8 Å². The molecule has 0 N–H and O–H groups in total. The lowest BCUT2D eigenvalue weighted by Crippen LogP contribution is -2.01. The molecule has 2 aromatic rings. The van der Waals surface area contributed by atoms with E-state index in [1.165, 1.54) is 6.92 Å². The van der Waals surface area contributed by atoms with E-state index < -0.39 is 0 Å². The smallest absolute Gasteiger partial charge is 0.308 e. The number of hydrogen-bond acceptors (Lipinski definition) is 5. The minimum Gasteiger partial charge on any atom is -0.497 e. The molecular formula is C18H14O5. The maximum atomic E-state index is 12.3. The molecule has 0 radical (unpaired) electrons. The molecule has 116 valence electrons. The number of carbonyl (C=O) groups is 2. The zero-order valence-corrected chi connectivity index (χ0v) is 12.7. The number of Topliss-reactive ketones (excluding diaryl/α,β-unsaturated/α-hetero) is 1. The molecule has 2 aromatic carbocycles. The highest BCUT2D eigenvalue weighted by atomic mass is 16.5. The van der Waals surface area contributed by atoms with Crippen LogP contribution in [0.3, 0.4) is 0 Å². The Bertz CT molecular complexity index is 803. The summed E-state index contributed by atoms with van der Waals surface area (Å²) >= 11 is 0. The zero-order valence-electron chi connectivity index (χ0n) is 12.7. The molecule has 0 aliphatic carbocycles. The van der Waals surface area contributed by atoms with Crippen LogP contribution < -0.4 is 14.2 Å². The largest absolute Gasteiger partial charge is 0.497 e. The molecule has 0 bridgehead atoms. The van der Waals surface area contributed by atoms with Crippen LogP contribution >= 0.6 is 0 Å². The van der Waals surface area contributed by atoms with Crippen LogP contribution in [0.4, 0.5) is 0 Å². The predicted molar refractivity (Wildman–Crippen MR) is 83.7 cm³/mol. The molecule has 0 unspecified atom stereocenters. The van der Waals surface area contributed by atoms with E-state index >= 15 is 0 Å². The molecule has 0 atom stereocenters. The lowest BCUT2D eigenvalue weighted by molar-refractivity contribution is -0.131. The van der Waals surface area contributed by atoms with Crippen molar-refractivity contribution in [2.45, 2.75) is 6.92 Å². The second kappa shape index (κ2) is 5.96. The van der Waals surface area contributed by atoms with Crippen LogP contribution in [0.15, 0.2) is 48.2 Å². The molecule has 0 amide bonds. The molecule has 1 heterocycles. The van der Waals surface area contributed by atoms with Gasteiger partial charge in [-0.05, 0) is 35.9 Å². The molecule has 0 spiro atoms. The SMILES string of the molecule is COc1ccc2c(c1)O/C(=C\c1ccc(OC(C)=O)cc1)C2=O. The van der Waals surface area contributed by atoms with Gasteiger partial charge in [0.05, 0.1) is 12.7 Å². The molecule has 1 aliphatic heterocycles. The summed E-state index contributed by atoms with van der Waals surface area (Å²) in [6, 6.07) is 11.9. The summed E-state index contributed by atoms with van der Waals surface area (Å²) in [4.78, 5) is 23.2. The Labute approximate surface area is 133 Å². The third-order valence-corrected chi connectivity index (χ3v) is 3.32. The highest BCUT2D eigenvalue weighted by Crippen LogP contribution is 2.34. The molecule has 5 nitrogen and oxygen atoms in total. The lowest BCUT2D eigenvalue weighted by atomic mass is 10.1. The first-order valence-electron chi connectivity index (χ1n) is 6.97. The van der Waals surface area contributed by atoms with Crippen LogP contribution in [0, 0.1) is 0 Å². The molecule has 23 heavy (non-hydrogen) atoms. The van der Waals surface area contributed by atoms with E-state index in [0.29, 0.717) is 22.8 Å². The van der Waals surface area contributed by atoms with E-state index in [-0.39, 0.29) is 17.5 Å². The van der Waals surface area contributed by atoms with Crippen LogP contribution in [-0.2, 0) is 4.79 Å². The summed E-state index contributed by atoms with van der Waals surface area (Å²) in [5, 5.41) is 0. The van der Waals surface area contributed by atoms with Crippen molar-refractivity contribution in [1.82, 2.24) is 0 Å². The fraction of sp³-hybridized carbons (Fsp3) is 0.111. The van der Waals surface area contributed by atoms with Gasteiger partial charge in [0.1, 0.15) is 17.2 Å². The average molecular weight is 310 g/mol. The van der Waals surface area contributed by atoms with Crippen molar-refractivity contribution in [2.75, 3.05) is 7.11 Å². The number of esters is 1. The van der Waals surface area contributed by atoms with E-state index in [0.717, 1.165) is 5.56 Å². The van der Waals surface area contributed by atoms with Gasteiger partial charge in [-0.25, -0.2) is 0 Å². The molecule has 0 aromatic heterocycles. The number of hydrogen-bond donors (Lipinski definition) is 0. The molecule has 3 rings (SSSR count). The quantitative estimate of drug-likeness (QED) is 0.495. The summed E-state index contributed by atoms with van der Waals surface area (Å²) in [5.74, 6) is 1.25. The minimum atomic E-state index is -0.380. The highest BCUT2D eigenvalue weighted by molar-refractivity contribution is 6.14. The van der Waals surface area contributed by atoms with Crippen LogP contribution in [0.5, 0.6) is 17.2 Å².